The van der Waals surface area contributed by atoms with E-state index in [2.05, 4.69) is 20.6 Å². The SMILES string of the molecule is Cc1nc(N)cc(NC2CCC(NC(=O)c3cc(F)c(F)c(F)c3)CC2)n1. The molecule has 1 saturated carbocycles. The minimum Gasteiger partial charge on any atom is -0.384 e. The standard InChI is InChI=1S/C18H20F3N5O/c1-9-23-15(22)8-16(24-9)25-11-2-4-12(5-3-11)26-18(27)10-6-13(19)17(21)14(20)7-10/h6-8,11-12H,2-5H2,1H3,(H,26,27)(H3,22,23,24,25). The summed E-state index contributed by atoms with van der Waals surface area (Å²) in [7, 11) is 0. The van der Waals surface area contributed by atoms with Crippen LogP contribution in [-0.2, 0) is 0 Å². The number of anilines is 2. The molecule has 0 saturated heterocycles. The van der Waals surface area contributed by atoms with E-state index in [9.17, 15) is 18.0 Å². The predicted molar refractivity (Wildman–Crippen MR) is 94.6 cm³/mol. The Bertz CT molecular complexity index is 810. The zero-order valence-electron chi connectivity index (χ0n) is 14.7. The number of hydrogen-bond acceptors (Lipinski definition) is 5. The van der Waals surface area contributed by atoms with Gasteiger partial charge in [-0.25, -0.2) is 23.1 Å². The summed E-state index contributed by atoms with van der Waals surface area (Å²) in [6.45, 7) is 1.76. The largest absolute Gasteiger partial charge is 0.384 e. The van der Waals surface area contributed by atoms with Crippen LogP contribution in [0.3, 0.4) is 0 Å². The molecule has 0 spiro atoms. The number of amides is 1. The lowest BCUT2D eigenvalue weighted by molar-refractivity contribution is 0.0925. The van der Waals surface area contributed by atoms with Gasteiger partial charge in [0.2, 0.25) is 0 Å². The van der Waals surface area contributed by atoms with E-state index in [4.69, 9.17) is 5.73 Å². The molecule has 6 nitrogen and oxygen atoms in total. The van der Waals surface area contributed by atoms with Gasteiger partial charge in [0.15, 0.2) is 17.5 Å². The summed E-state index contributed by atoms with van der Waals surface area (Å²) in [4.78, 5) is 20.5. The number of aromatic nitrogens is 2. The number of aryl methyl sites for hydroxylation is 1. The summed E-state index contributed by atoms with van der Waals surface area (Å²) in [6, 6.07) is 3.11. The maximum Gasteiger partial charge on any atom is 0.251 e. The molecule has 1 fully saturated rings. The van der Waals surface area contributed by atoms with Gasteiger partial charge in [-0.3, -0.25) is 4.79 Å². The first-order valence-electron chi connectivity index (χ1n) is 8.65. The molecule has 1 heterocycles. The Kier molecular flexibility index (Phi) is 5.48. The van der Waals surface area contributed by atoms with Gasteiger partial charge in [0.05, 0.1) is 0 Å². The fourth-order valence-corrected chi connectivity index (χ4v) is 3.21. The molecule has 4 N–H and O–H groups in total. The van der Waals surface area contributed by atoms with E-state index in [1.165, 1.54) is 0 Å². The zero-order chi connectivity index (χ0) is 19.6. The van der Waals surface area contributed by atoms with Crippen LogP contribution in [0.1, 0.15) is 41.9 Å². The molecule has 1 aromatic heterocycles. The minimum absolute atomic E-state index is 0.121. The van der Waals surface area contributed by atoms with Crippen molar-refractivity contribution in [3.8, 4) is 0 Å². The first kappa shape index (κ1) is 18.9. The number of nitrogens with one attached hydrogen (secondary N) is 2. The maximum absolute atomic E-state index is 13.3. The number of nitrogens with zero attached hydrogens (tertiary/aromatic N) is 2. The van der Waals surface area contributed by atoms with Gasteiger partial charge in [-0.2, -0.15) is 0 Å². The second-order valence-corrected chi connectivity index (χ2v) is 6.65. The number of carbonyl (C=O) groups is 1. The average molecular weight is 379 g/mol. The summed E-state index contributed by atoms with van der Waals surface area (Å²) in [5, 5.41) is 6.05. The van der Waals surface area contributed by atoms with E-state index in [0.717, 1.165) is 12.8 Å². The van der Waals surface area contributed by atoms with Gasteiger partial charge in [-0.05, 0) is 44.7 Å². The van der Waals surface area contributed by atoms with Crippen LogP contribution in [-0.4, -0.2) is 28.0 Å². The smallest absolute Gasteiger partial charge is 0.251 e. The Labute approximate surface area is 154 Å². The quantitative estimate of drug-likeness (QED) is 0.711. The van der Waals surface area contributed by atoms with E-state index in [-0.39, 0.29) is 17.6 Å². The molecule has 9 heteroatoms. The maximum atomic E-state index is 13.3. The van der Waals surface area contributed by atoms with Crippen LogP contribution >= 0.6 is 0 Å². The van der Waals surface area contributed by atoms with Crippen molar-refractivity contribution < 1.29 is 18.0 Å². The molecule has 0 bridgehead atoms. The van der Waals surface area contributed by atoms with Crippen LogP contribution in [0.2, 0.25) is 0 Å². The van der Waals surface area contributed by atoms with Crippen LogP contribution < -0.4 is 16.4 Å². The Morgan fingerprint density at radius 2 is 1.63 bits per heavy atom. The van der Waals surface area contributed by atoms with Crippen LogP contribution in [0.15, 0.2) is 18.2 Å². The Morgan fingerprint density at radius 1 is 1.04 bits per heavy atom. The lowest BCUT2D eigenvalue weighted by Crippen LogP contribution is -2.40. The molecule has 27 heavy (non-hydrogen) atoms. The number of benzene rings is 1. The first-order chi connectivity index (χ1) is 12.8. The first-order valence-corrected chi connectivity index (χ1v) is 8.65. The molecule has 3 rings (SSSR count). The molecular weight excluding hydrogens is 359 g/mol. The van der Waals surface area contributed by atoms with E-state index in [1.807, 2.05) is 0 Å². The van der Waals surface area contributed by atoms with Crippen LogP contribution in [0.4, 0.5) is 24.8 Å². The molecule has 1 aliphatic rings. The van der Waals surface area contributed by atoms with Gasteiger partial charge in [0.25, 0.3) is 5.91 Å². The van der Waals surface area contributed by atoms with Crippen molar-refractivity contribution in [3.05, 3.63) is 47.0 Å². The molecule has 144 valence electrons. The summed E-state index contributed by atoms with van der Waals surface area (Å²) in [5.74, 6) is -3.34. The second kappa shape index (κ2) is 7.81. The molecule has 0 radical (unpaired) electrons. The highest BCUT2D eigenvalue weighted by molar-refractivity contribution is 5.94. The minimum atomic E-state index is -1.58. The molecule has 0 unspecified atom stereocenters. The highest BCUT2D eigenvalue weighted by Crippen LogP contribution is 2.23. The van der Waals surface area contributed by atoms with Crippen LogP contribution in [0, 0.1) is 24.4 Å². The fraction of sp³-hybridized carbons (Fsp3) is 0.389. The molecule has 2 aromatic rings. The van der Waals surface area contributed by atoms with Crippen molar-refractivity contribution in [1.29, 1.82) is 0 Å². The van der Waals surface area contributed by atoms with E-state index in [0.29, 0.717) is 42.4 Å². The van der Waals surface area contributed by atoms with Crippen molar-refractivity contribution in [3.63, 3.8) is 0 Å². The number of rotatable bonds is 4. The fourth-order valence-electron chi connectivity index (χ4n) is 3.21. The van der Waals surface area contributed by atoms with Crippen LogP contribution in [0.25, 0.3) is 0 Å². The number of nitrogens with two attached hydrogens (primary N) is 1. The lowest BCUT2D eigenvalue weighted by atomic mass is 9.91. The predicted octanol–water partition coefficient (Wildman–Crippen LogP) is 2.94. The van der Waals surface area contributed by atoms with Gasteiger partial charge < -0.3 is 16.4 Å². The Morgan fingerprint density at radius 3 is 2.22 bits per heavy atom. The van der Waals surface area contributed by atoms with Gasteiger partial charge in [-0.1, -0.05) is 0 Å². The van der Waals surface area contributed by atoms with Gasteiger partial charge >= 0.3 is 0 Å². The van der Waals surface area contributed by atoms with E-state index < -0.39 is 23.4 Å². The van der Waals surface area contributed by atoms with Gasteiger partial charge in [-0.15, -0.1) is 0 Å². The lowest BCUT2D eigenvalue weighted by Gasteiger charge is -2.30. The summed E-state index contributed by atoms with van der Waals surface area (Å²) >= 11 is 0. The van der Waals surface area contributed by atoms with Crippen molar-refractivity contribution in [2.24, 2.45) is 0 Å². The number of nitrogen functional groups attached to an aromatic ring is 1. The van der Waals surface area contributed by atoms with Gasteiger partial charge in [0, 0.05) is 23.7 Å². The second-order valence-electron chi connectivity index (χ2n) is 6.65. The van der Waals surface area contributed by atoms with E-state index >= 15 is 0 Å². The number of carbonyl (C=O) groups excluding carboxylic acids is 1. The topological polar surface area (TPSA) is 92.9 Å². The molecular formula is C18H20F3N5O. The Balaban J connectivity index is 1.54. The Hall–Kier alpha value is -2.84. The summed E-state index contributed by atoms with van der Waals surface area (Å²) in [6.07, 6.45) is 2.93. The summed E-state index contributed by atoms with van der Waals surface area (Å²) < 4.78 is 39.5. The molecule has 1 aromatic carbocycles. The monoisotopic (exact) mass is 379 g/mol. The molecule has 1 amide bonds. The zero-order valence-corrected chi connectivity index (χ0v) is 14.7. The highest BCUT2D eigenvalue weighted by Gasteiger charge is 2.24. The van der Waals surface area contributed by atoms with Crippen molar-refractivity contribution in [1.82, 2.24) is 15.3 Å². The number of halogens is 3. The molecule has 1 aliphatic carbocycles. The highest BCUT2D eigenvalue weighted by atomic mass is 19.2. The van der Waals surface area contributed by atoms with Crippen molar-refractivity contribution in [2.75, 3.05) is 11.1 Å². The third-order valence-corrected chi connectivity index (χ3v) is 4.52. The summed E-state index contributed by atoms with van der Waals surface area (Å²) in [5.41, 5.74) is 5.47. The normalized spacial score (nSPS) is 19.6. The molecule has 0 aliphatic heterocycles. The van der Waals surface area contributed by atoms with Crippen LogP contribution in [0.5, 0.6) is 0 Å². The van der Waals surface area contributed by atoms with E-state index in [1.54, 1.807) is 13.0 Å². The number of hydrogen-bond donors (Lipinski definition) is 3. The van der Waals surface area contributed by atoms with Crippen molar-refractivity contribution >= 4 is 17.5 Å². The average Bonchev–Trinajstić information content (AvgIpc) is 2.60. The third-order valence-electron chi connectivity index (χ3n) is 4.52. The third kappa shape index (κ3) is 4.66. The molecule has 0 atom stereocenters. The van der Waals surface area contributed by atoms with Crippen molar-refractivity contribution in [2.45, 2.75) is 44.7 Å². The van der Waals surface area contributed by atoms with Gasteiger partial charge in [0.1, 0.15) is 17.5 Å².